The lowest BCUT2D eigenvalue weighted by Gasteiger charge is -2.10. The van der Waals surface area contributed by atoms with E-state index in [0.717, 1.165) is 5.57 Å². The molecular weight excluding hydrogens is 180 g/mol. The molecule has 0 amide bonds. The maximum absolute atomic E-state index is 4.16. The average molecular weight is 202 g/mol. The molecule has 0 aliphatic carbocycles. The van der Waals surface area contributed by atoms with Crippen molar-refractivity contribution in [3.05, 3.63) is 59.3 Å². The predicted molar refractivity (Wildman–Crippen MR) is 70.9 cm³/mol. The summed E-state index contributed by atoms with van der Waals surface area (Å²) in [4.78, 5) is 0. The standard InChI is InChI=1S/C15H22/c1-7-10-14(9-3)13(6)15(11-8-2)12(4)5/h7-11H,6H2,1-5H3/b10-7-,11-8-,14-9+. The van der Waals surface area contributed by atoms with Crippen LogP contribution in [0.5, 0.6) is 0 Å². The molecule has 0 aromatic rings. The topological polar surface area (TPSA) is 0 Å². The highest BCUT2D eigenvalue weighted by atomic mass is 14.1. The highest BCUT2D eigenvalue weighted by Crippen LogP contribution is 2.22. The third-order valence-corrected chi connectivity index (χ3v) is 2.20. The summed E-state index contributed by atoms with van der Waals surface area (Å²) in [6.07, 6.45) is 10.4. The van der Waals surface area contributed by atoms with E-state index in [0.29, 0.717) is 0 Å². The molecule has 15 heavy (non-hydrogen) atoms. The maximum atomic E-state index is 4.16. The number of rotatable bonds is 4. The lowest BCUT2D eigenvalue weighted by atomic mass is 9.95. The lowest BCUT2D eigenvalue weighted by Crippen LogP contribution is -1.91. The van der Waals surface area contributed by atoms with Crippen LogP contribution in [0.25, 0.3) is 0 Å². The third-order valence-electron chi connectivity index (χ3n) is 2.20. The highest BCUT2D eigenvalue weighted by Gasteiger charge is 2.03. The highest BCUT2D eigenvalue weighted by molar-refractivity contribution is 5.55. The van der Waals surface area contributed by atoms with Gasteiger partial charge in [0.2, 0.25) is 0 Å². The van der Waals surface area contributed by atoms with E-state index >= 15 is 0 Å². The van der Waals surface area contributed by atoms with Gasteiger partial charge in [-0.1, -0.05) is 42.5 Å². The summed E-state index contributed by atoms with van der Waals surface area (Å²) in [5, 5.41) is 0. The van der Waals surface area contributed by atoms with E-state index in [1.54, 1.807) is 0 Å². The molecule has 82 valence electrons. The number of allylic oxidation sites excluding steroid dienone is 9. The molecule has 0 heterocycles. The first-order valence-electron chi connectivity index (χ1n) is 5.37. The summed E-state index contributed by atoms with van der Waals surface area (Å²) >= 11 is 0. The van der Waals surface area contributed by atoms with E-state index in [1.807, 2.05) is 26.8 Å². The zero-order chi connectivity index (χ0) is 11.8. The molecule has 0 nitrogen and oxygen atoms in total. The van der Waals surface area contributed by atoms with Gasteiger partial charge in [-0.25, -0.2) is 0 Å². The van der Waals surface area contributed by atoms with Crippen molar-refractivity contribution in [1.29, 1.82) is 0 Å². The van der Waals surface area contributed by atoms with Crippen LogP contribution >= 0.6 is 0 Å². The van der Waals surface area contributed by atoms with Gasteiger partial charge >= 0.3 is 0 Å². The monoisotopic (exact) mass is 202 g/mol. The fourth-order valence-electron chi connectivity index (χ4n) is 1.44. The van der Waals surface area contributed by atoms with E-state index in [-0.39, 0.29) is 0 Å². The molecule has 0 aromatic heterocycles. The van der Waals surface area contributed by atoms with Gasteiger partial charge in [-0.3, -0.25) is 0 Å². The lowest BCUT2D eigenvalue weighted by molar-refractivity contribution is 1.29. The van der Waals surface area contributed by atoms with Crippen molar-refractivity contribution < 1.29 is 0 Å². The second-order valence-electron chi connectivity index (χ2n) is 3.64. The zero-order valence-electron chi connectivity index (χ0n) is 10.6. The molecule has 0 aliphatic rings. The van der Waals surface area contributed by atoms with E-state index in [4.69, 9.17) is 0 Å². The van der Waals surface area contributed by atoms with Crippen LogP contribution in [0.3, 0.4) is 0 Å². The molecule has 0 bridgehead atoms. The van der Waals surface area contributed by atoms with Crippen LogP contribution in [-0.2, 0) is 0 Å². The molecule has 0 saturated heterocycles. The Morgan fingerprint density at radius 2 is 1.47 bits per heavy atom. The summed E-state index contributed by atoms with van der Waals surface area (Å²) in [5.74, 6) is 0. The van der Waals surface area contributed by atoms with Gasteiger partial charge in [-0.15, -0.1) is 0 Å². The summed E-state index contributed by atoms with van der Waals surface area (Å²) in [6.45, 7) is 14.5. The van der Waals surface area contributed by atoms with Crippen molar-refractivity contribution >= 4 is 0 Å². The van der Waals surface area contributed by atoms with Gasteiger partial charge < -0.3 is 0 Å². The van der Waals surface area contributed by atoms with Crippen molar-refractivity contribution in [3.8, 4) is 0 Å². The van der Waals surface area contributed by atoms with Crippen LogP contribution in [0.4, 0.5) is 0 Å². The first kappa shape index (κ1) is 13.7. The molecule has 0 spiro atoms. The Kier molecular flexibility index (Phi) is 6.44. The Bertz CT molecular complexity index is 329. The van der Waals surface area contributed by atoms with Gasteiger partial charge in [0.15, 0.2) is 0 Å². The fourth-order valence-corrected chi connectivity index (χ4v) is 1.44. The van der Waals surface area contributed by atoms with Crippen LogP contribution < -0.4 is 0 Å². The summed E-state index contributed by atoms with van der Waals surface area (Å²) in [5.41, 5.74) is 4.80. The minimum atomic E-state index is 1.09. The first-order valence-corrected chi connectivity index (χ1v) is 5.37. The van der Waals surface area contributed by atoms with Crippen molar-refractivity contribution in [1.82, 2.24) is 0 Å². The Morgan fingerprint density at radius 1 is 0.933 bits per heavy atom. The number of hydrogen-bond acceptors (Lipinski definition) is 0. The van der Waals surface area contributed by atoms with Gasteiger partial charge in [0.05, 0.1) is 0 Å². The molecule has 0 fully saturated rings. The molecule has 0 radical (unpaired) electrons. The second-order valence-corrected chi connectivity index (χ2v) is 3.64. The van der Waals surface area contributed by atoms with Crippen LogP contribution in [0.2, 0.25) is 0 Å². The molecule has 0 N–H and O–H groups in total. The van der Waals surface area contributed by atoms with E-state index in [1.165, 1.54) is 16.7 Å². The van der Waals surface area contributed by atoms with Gasteiger partial charge in [-0.2, -0.15) is 0 Å². The molecule has 0 heteroatoms. The van der Waals surface area contributed by atoms with Crippen LogP contribution in [0, 0.1) is 0 Å². The van der Waals surface area contributed by atoms with Crippen molar-refractivity contribution in [2.45, 2.75) is 34.6 Å². The Balaban J connectivity index is 5.22. The normalized spacial score (nSPS) is 12.5. The quantitative estimate of drug-likeness (QED) is 0.564. The molecule has 0 aromatic carbocycles. The smallest absolute Gasteiger partial charge is 0.0188 e. The fraction of sp³-hybridized carbons (Fsp3) is 0.333. The molecule has 0 rings (SSSR count). The van der Waals surface area contributed by atoms with E-state index in [2.05, 4.69) is 44.7 Å². The van der Waals surface area contributed by atoms with Crippen LogP contribution in [0.1, 0.15) is 34.6 Å². The average Bonchev–Trinajstić information content (AvgIpc) is 2.21. The molecule has 0 saturated carbocycles. The maximum Gasteiger partial charge on any atom is -0.0188 e. The first-order chi connectivity index (χ1) is 7.08. The largest absolute Gasteiger partial charge is 0.0906 e. The van der Waals surface area contributed by atoms with Crippen molar-refractivity contribution in [3.63, 3.8) is 0 Å². The van der Waals surface area contributed by atoms with Crippen molar-refractivity contribution in [2.75, 3.05) is 0 Å². The minimum Gasteiger partial charge on any atom is -0.0906 e. The molecule has 0 atom stereocenters. The van der Waals surface area contributed by atoms with Gasteiger partial charge in [-0.05, 0) is 51.3 Å². The third kappa shape index (κ3) is 4.16. The molecular formula is C15H22. The minimum absolute atomic E-state index is 1.09. The van der Waals surface area contributed by atoms with Crippen LogP contribution in [0.15, 0.2) is 59.3 Å². The summed E-state index contributed by atoms with van der Waals surface area (Å²) in [7, 11) is 0. The summed E-state index contributed by atoms with van der Waals surface area (Å²) < 4.78 is 0. The Labute approximate surface area is 94.4 Å². The predicted octanol–water partition coefficient (Wildman–Crippen LogP) is 4.98. The number of hydrogen-bond donors (Lipinski definition) is 0. The van der Waals surface area contributed by atoms with Crippen molar-refractivity contribution in [2.24, 2.45) is 0 Å². The molecule has 0 unspecified atom stereocenters. The molecule has 0 aliphatic heterocycles. The van der Waals surface area contributed by atoms with E-state index in [9.17, 15) is 0 Å². The zero-order valence-corrected chi connectivity index (χ0v) is 10.6. The summed E-state index contributed by atoms with van der Waals surface area (Å²) in [6, 6.07) is 0. The second kappa shape index (κ2) is 7.05. The van der Waals surface area contributed by atoms with Gasteiger partial charge in [0.1, 0.15) is 0 Å². The SMILES string of the molecule is C=C(C(/C=C\C)=C(C)C)C(/C=C\C)=C/C. The van der Waals surface area contributed by atoms with Crippen LogP contribution in [-0.4, -0.2) is 0 Å². The Hall–Kier alpha value is -1.30. The Morgan fingerprint density at radius 3 is 1.80 bits per heavy atom. The van der Waals surface area contributed by atoms with E-state index < -0.39 is 0 Å². The van der Waals surface area contributed by atoms with Gasteiger partial charge in [0.25, 0.3) is 0 Å². The van der Waals surface area contributed by atoms with Gasteiger partial charge in [0, 0.05) is 0 Å².